The van der Waals surface area contributed by atoms with Gasteiger partial charge in [0.1, 0.15) is 5.69 Å². The van der Waals surface area contributed by atoms with Crippen LogP contribution in [0.1, 0.15) is 18.9 Å². The molecule has 4 N–H and O–H groups in total. The maximum absolute atomic E-state index is 11.7. The first-order valence-corrected chi connectivity index (χ1v) is 7.02. The Morgan fingerprint density at radius 2 is 2.29 bits per heavy atom. The highest BCUT2D eigenvalue weighted by atomic mass is 32.2. The van der Waals surface area contributed by atoms with Gasteiger partial charge in [0.25, 0.3) is 0 Å². The van der Waals surface area contributed by atoms with Gasteiger partial charge >= 0.3 is 11.4 Å². The van der Waals surface area contributed by atoms with Crippen LogP contribution in [0.3, 0.4) is 0 Å². The van der Waals surface area contributed by atoms with E-state index >= 15 is 0 Å². The van der Waals surface area contributed by atoms with Crippen molar-refractivity contribution in [3.8, 4) is 0 Å². The third-order valence-electron chi connectivity index (χ3n) is 3.12. The van der Waals surface area contributed by atoms with Gasteiger partial charge in [-0.25, -0.2) is 9.89 Å². The number of hydrazine groups is 1. The van der Waals surface area contributed by atoms with Crippen molar-refractivity contribution < 1.29 is 4.92 Å². The van der Waals surface area contributed by atoms with Gasteiger partial charge in [0.15, 0.2) is 5.16 Å². The normalized spacial score (nSPS) is 14.1. The van der Waals surface area contributed by atoms with Crippen LogP contribution < -0.4 is 17.0 Å². The zero-order valence-corrected chi connectivity index (χ0v) is 11.6. The fourth-order valence-corrected chi connectivity index (χ4v) is 3.07. The van der Waals surface area contributed by atoms with Crippen molar-refractivity contribution >= 4 is 23.1 Å². The predicted octanol–water partition coefficient (Wildman–Crippen LogP) is 1.25. The molecule has 0 saturated heterocycles. The highest BCUT2D eigenvalue weighted by Gasteiger charge is 2.30. The number of nitro benzene ring substituents is 1. The van der Waals surface area contributed by atoms with E-state index in [1.807, 2.05) is 0 Å². The maximum Gasteiger partial charge on any atom is 0.344 e. The second kappa shape index (κ2) is 5.22. The SMILES string of the molecule is NNc1cccc(Sc2n[nH]c(=O)n2C2CC2)c1[N+](=O)[O-]. The Balaban J connectivity index is 2.02. The largest absolute Gasteiger partial charge is 0.344 e. The minimum atomic E-state index is -0.510. The van der Waals surface area contributed by atoms with Gasteiger partial charge in [-0.15, -0.1) is 5.10 Å². The Bertz CT molecular complexity index is 751. The van der Waals surface area contributed by atoms with Gasteiger partial charge in [-0.2, -0.15) is 0 Å². The lowest BCUT2D eigenvalue weighted by Gasteiger charge is -2.07. The van der Waals surface area contributed by atoms with E-state index in [0.29, 0.717) is 10.1 Å². The van der Waals surface area contributed by atoms with Crippen molar-refractivity contribution in [2.75, 3.05) is 5.43 Å². The van der Waals surface area contributed by atoms with E-state index in [1.165, 1.54) is 10.6 Å². The summed E-state index contributed by atoms with van der Waals surface area (Å²) in [5.41, 5.74) is 2.08. The minimum absolute atomic E-state index is 0.133. The molecule has 110 valence electrons. The molecular formula is C11H12N6O3S. The number of nitrogens with two attached hydrogens (primary N) is 1. The van der Waals surface area contributed by atoms with Crippen LogP contribution in [0, 0.1) is 10.1 Å². The highest BCUT2D eigenvalue weighted by molar-refractivity contribution is 7.99. The average molecular weight is 308 g/mol. The molecule has 0 unspecified atom stereocenters. The lowest BCUT2D eigenvalue weighted by Crippen LogP contribution is -2.16. The quantitative estimate of drug-likeness (QED) is 0.430. The van der Waals surface area contributed by atoms with Gasteiger partial charge in [0, 0.05) is 6.04 Å². The molecule has 1 heterocycles. The number of nitrogens with zero attached hydrogens (tertiary/aromatic N) is 3. The van der Waals surface area contributed by atoms with Gasteiger partial charge in [-0.3, -0.25) is 20.5 Å². The second-order valence-corrected chi connectivity index (χ2v) is 5.58. The number of hydrogen-bond acceptors (Lipinski definition) is 7. The summed E-state index contributed by atoms with van der Waals surface area (Å²) >= 11 is 1.07. The Labute approximate surface area is 122 Å². The van der Waals surface area contributed by atoms with Crippen molar-refractivity contribution in [2.24, 2.45) is 5.84 Å². The molecule has 0 bridgehead atoms. The fourth-order valence-electron chi connectivity index (χ4n) is 2.02. The lowest BCUT2D eigenvalue weighted by atomic mass is 10.3. The van der Waals surface area contributed by atoms with Crippen LogP contribution >= 0.6 is 11.8 Å². The summed E-state index contributed by atoms with van der Waals surface area (Å²) in [5, 5.41) is 18.0. The molecule has 3 rings (SSSR count). The third kappa shape index (κ3) is 2.50. The molecule has 1 aliphatic carbocycles. The van der Waals surface area contributed by atoms with E-state index in [4.69, 9.17) is 5.84 Å². The molecule has 1 aliphatic rings. The van der Waals surface area contributed by atoms with Crippen molar-refractivity contribution in [3.63, 3.8) is 0 Å². The standard InChI is InChI=1S/C11H12N6O3S/c12-13-7-2-1-3-8(9(7)17(19)20)21-11-15-14-10(18)16(11)6-4-5-6/h1-3,6,13H,4-5,12H2,(H,14,18). The van der Waals surface area contributed by atoms with E-state index in [9.17, 15) is 14.9 Å². The molecule has 0 radical (unpaired) electrons. The van der Waals surface area contributed by atoms with E-state index in [2.05, 4.69) is 15.6 Å². The van der Waals surface area contributed by atoms with Gasteiger partial charge in [0.2, 0.25) is 0 Å². The van der Waals surface area contributed by atoms with Gasteiger partial charge in [-0.05, 0) is 36.7 Å². The Morgan fingerprint density at radius 1 is 1.52 bits per heavy atom. The number of aromatic nitrogens is 3. The number of nitro groups is 1. The first kappa shape index (κ1) is 13.6. The number of rotatable bonds is 5. The first-order valence-electron chi connectivity index (χ1n) is 6.20. The average Bonchev–Trinajstić information content (AvgIpc) is 3.23. The van der Waals surface area contributed by atoms with Crippen LogP contribution in [0.4, 0.5) is 11.4 Å². The third-order valence-corrected chi connectivity index (χ3v) is 4.14. The summed E-state index contributed by atoms with van der Waals surface area (Å²) in [6.45, 7) is 0. The van der Waals surface area contributed by atoms with Crippen molar-refractivity contribution in [1.82, 2.24) is 14.8 Å². The van der Waals surface area contributed by atoms with Crippen molar-refractivity contribution in [2.45, 2.75) is 28.9 Å². The lowest BCUT2D eigenvalue weighted by molar-refractivity contribution is -0.386. The fraction of sp³-hybridized carbons (Fsp3) is 0.273. The number of nitrogens with one attached hydrogen (secondary N) is 2. The molecule has 9 nitrogen and oxygen atoms in total. The molecule has 0 spiro atoms. The second-order valence-electron chi connectivity index (χ2n) is 4.57. The number of hydrogen-bond donors (Lipinski definition) is 3. The molecule has 0 amide bonds. The molecule has 0 atom stereocenters. The molecule has 2 aromatic rings. The topological polar surface area (TPSA) is 132 Å². The van der Waals surface area contributed by atoms with Crippen LogP contribution in [-0.4, -0.2) is 19.7 Å². The molecule has 1 aromatic carbocycles. The monoisotopic (exact) mass is 308 g/mol. The van der Waals surface area contributed by atoms with Crippen LogP contribution in [0.5, 0.6) is 0 Å². The molecule has 0 aliphatic heterocycles. The smallest absolute Gasteiger partial charge is 0.318 e. The number of anilines is 1. The van der Waals surface area contributed by atoms with E-state index in [-0.39, 0.29) is 23.1 Å². The zero-order chi connectivity index (χ0) is 15.0. The van der Waals surface area contributed by atoms with Crippen LogP contribution in [-0.2, 0) is 0 Å². The van der Waals surface area contributed by atoms with E-state index < -0.39 is 4.92 Å². The molecule has 1 aromatic heterocycles. The van der Waals surface area contributed by atoms with Gasteiger partial charge in [-0.1, -0.05) is 6.07 Å². The van der Waals surface area contributed by atoms with Crippen molar-refractivity contribution in [3.05, 3.63) is 38.8 Å². The molecular weight excluding hydrogens is 296 g/mol. The predicted molar refractivity (Wildman–Crippen MR) is 76.1 cm³/mol. The Morgan fingerprint density at radius 3 is 2.90 bits per heavy atom. The summed E-state index contributed by atoms with van der Waals surface area (Å²) < 4.78 is 1.54. The summed E-state index contributed by atoms with van der Waals surface area (Å²) in [6, 6.07) is 4.89. The van der Waals surface area contributed by atoms with E-state index in [0.717, 1.165) is 24.6 Å². The summed E-state index contributed by atoms with van der Waals surface area (Å²) in [7, 11) is 0. The summed E-state index contributed by atoms with van der Waals surface area (Å²) in [4.78, 5) is 22.8. The number of para-hydroxylation sites is 1. The Hall–Kier alpha value is -2.33. The van der Waals surface area contributed by atoms with Crippen LogP contribution in [0.2, 0.25) is 0 Å². The van der Waals surface area contributed by atoms with Crippen molar-refractivity contribution in [1.29, 1.82) is 0 Å². The molecule has 10 heteroatoms. The summed E-state index contributed by atoms with van der Waals surface area (Å²) in [5.74, 6) is 5.30. The van der Waals surface area contributed by atoms with E-state index in [1.54, 1.807) is 12.1 Å². The number of aromatic amines is 1. The summed E-state index contributed by atoms with van der Waals surface area (Å²) in [6.07, 6.45) is 1.83. The molecule has 21 heavy (non-hydrogen) atoms. The first-order chi connectivity index (χ1) is 10.1. The van der Waals surface area contributed by atoms with Gasteiger partial charge in [0.05, 0.1) is 9.82 Å². The number of benzene rings is 1. The highest BCUT2D eigenvalue weighted by Crippen LogP contribution is 2.41. The molecule has 1 fully saturated rings. The number of H-pyrrole nitrogens is 1. The van der Waals surface area contributed by atoms with Crippen LogP contribution in [0.15, 0.2) is 33.0 Å². The van der Waals surface area contributed by atoms with Crippen LogP contribution in [0.25, 0.3) is 0 Å². The number of nitrogen functional groups attached to an aromatic ring is 1. The van der Waals surface area contributed by atoms with Gasteiger partial charge < -0.3 is 5.43 Å². The Kier molecular flexibility index (Phi) is 3.39. The minimum Gasteiger partial charge on any atom is -0.318 e. The zero-order valence-electron chi connectivity index (χ0n) is 10.8. The molecule has 1 saturated carbocycles. The maximum atomic E-state index is 11.7.